The summed E-state index contributed by atoms with van der Waals surface area (Å²) in [5.74, 6) is -0.754. The van der Waals surface area contributed by atoms with E-state index in [1.807, 2.05) is 0 Å². The maximum atomic E-state index is 11.0. The van der Waals surface area contributed by atoms with E-state index < -0.39 is 5.97 Å². The summed E-state index contributed by atoms with van der Waals surface area (Å²) in [5, 5.41) is 8.44. The van der Waals surface area contributed by atoms with Crippen molar-refractivity contribution in [2.45, 2.75) is 13.3 Å². The Kier molecular flexibility index (Phi) is 12.7. The van der Waals surface area contributed by atoms with Gasteiger partial charge in [-0.05, 0) is 6.92 Å². The molecule has 0 saturated heterocycles. The largest absolute Gasteiger partial charge is 0.463 e. The highest BCUT2D eigenvalue weighted by Gasteiger charge is 2.05. The maximum Gasteiger partial charge on any atom is 0.313 e. The lowest BCUT2D eigenvalue weighted by Crippen LogP contribution is -2.15. The van der Waals surface area contributed by atoms with E-state index in [-0.39, 0.29) is 32.0 Å². The average Bonchev–Trinajstić information content (AvgIpc) is 2.35. The summed E-state index contributed by atoms with van der Waals surface area (Å²) in [7, 11) is 0. The lowest BCUT2D eigenvalue weighted by atomic mass is 10.3. The van der Waals surface area contributed by atoms with Crippen LogP contribution in [0.15, 0.2) is 0 Å². The highest BCUT2D eigenvalue weighted by Crippen LogP contribution is 1.88. The third-order valence-corrected chi connectivity index (χ3v) is 1.86. The number of aliphatic hydroxyl groups is 1. The fraction of sp³-hybridized carbons (Fsp3) is 0.833. The highest BCUT2D eigenvalue weighted by atomic mass is 16.6. The smallest absolute Gasteiger partial charge is 0.313 e. The lowest BCUT2D eigenvalue weighted by molar-refractivity contribution is -0.147. The highest BCUT2D eigenvalue weighted by molar-refractivity contribution is 5.94. The van der Waals surface area contributed by atoms with Crippen LogP contribution in [0.5, 0.6) is 0 Å². The minimum absolute atomic E-state index is 0.00542. The number of Topliss-reactive ketones (excluding diaryl/α,β-unsaturated/α-hetero) is 1. The van der Waals surface area contributed by atoms with Crippen molar-refractivity contribution in [2.75, 3.05) is 52.9 Å². The third-order valence-electron chi connectivity index (χ3n) is 1.86. The zero-order valence-corrected chi connectivity index (χ0v) is 11.3. The van der Waals surface area contributed by atoms with E-state index in [0.29, 0.717) is 33.0 Å². The first-order valence-electron chi connectivity index (χ1n) is 6.16. The standard InChI is InChI=1S/C12H22O7/c1-11(14)10-12(15)19-9-8-18-7-6-17-5-4-16-3-2-13/h13H,2-10H2,1H3. The third kappa shape index (κ3) is 14.9. The second-order valence-corrected chi connectivity index (χ2v) is 3.66. The van der Waals surface area contributed by atoms with Crippen molar-refractivity contribution in [1.82, 2.24) is 0 Å². The predicted molar refractivity (Wildman–Crippen MR) is 65.8 cm³/mol. The van der Waals surface area contributed by atoms with E-state index in [2.05, 4.69) is 0 Å². The molecule has 1 N–H and O–H groups in total. The van der Waals surface area contributed by atoms with Crippen LogP contribution in [0, 0.1) is 0 Å². The lowest BCUT2D eigenvalue weighted by Gasteiger charge is -2.06. The molecular weight excluding hydrogens is 256 g/mol. The minimum atomic E-state index is -0.534. The number of rotatable bonds is 13. The quantitative estimate of drug-likeness (QED) is 0.277. The van der Waals surface area contributed by atoms with Crippen molar-refractivity contribution in [1.29, 1.82) is 0 Å². The Hall–Kier alpha value is -1.02. The topological polar surface area (TPSA) is 91.3 Å². The first kappa shape index (κ1) is 18.0. The molecule has 0 aromatic carbocycles. The molecule has 0 spiro atoms. The fourth-order valence-corrected chi connectivity index (χ4v) is 1.08. The van der Waals surface area contributed by atoms with Gasteiger partial charge in [-0.2, -0.15) is 0 Å². The van der Waals surface area contributed by atoms with Crippen LogP contribution in [0.2, 0.25) is 0 Å². The van der Waals surface area contributed by atoms with Crippen LogP contribution in [-0.4, -0.2) is 69.7 Å². The zero-order valence-electron chi connectivity index (χ0n) is 11.3. The molecule has 112 valence electrons. The van der Waals surface area contributed by atoms with Gasteiger partial charge < -0.3 is 24.1 Å². The van der Waals surface area contributed by atoms with E-state index >= 15 is 0 Å². The van der Waals surface area contributed by atoms with Crippen LogP contribution in [0.1, 0.15) is 13.3 Å². The minimum Gasteiger partial charge on any atom is -0.463 e. The molecule has 0 aromatic rings. The number of aliphatic hydroxyl groups excluding tert-OH is 1. The summed E-state index contributed by atoms with van der Waals surface area (Å²) in [6.07, 6.45) is -0.197. The molecule has 0 heterocycles. The number of ketones is 1. The summed E-state index contributed by atoms with van der Waals surface area (Å²) in [6, 6.07) is 0. The van der Waals surface area contributed by atoms with Gasteiger partial charge in [0.05, 0.1) is 46.2 Å². The molecule has 0 aromatic heterocycles. The molecule has 0 saturated carbocycles. The molecule has 0 aliphatic rings. The number of carbonyl (C=O) groups excluding carboxylic acids is 2. The van der Waals surface area contributed by atoms with Gasteiger partial charge in [0.15, 0.2) is 0 Å². The molecule has 0 aliphatic heterocycles. The number of carbonyl (C=O) groups is 2. The number of ether oxygens (including phenoxy) is 4. The van der Waals surface area contributed by atoms with E-state index in [4.69, 9.17) is 24.1 Å². The molecule has 7 nitrogen and oxygen atoms in total. The van der Waals surface area contributed by atoms with Crippen molar-refractivity contribution in [3.8, 4) is 0 Å². The fourth-order valence-electron chi connectivity index (χ4n) is 1.08. The SMILES string of the molecule is CC(=O)CC(=O)OCCOCCOCCOCCO. The molecule has 0 fully saturated rings. The zero-order chi connectivity index (χ0) is 14.3. The van der Waals surface area contributed by atoms with Crippen molar-refractivity contribution in [2.24, 2.45) is 0 Å². The van der Waals surface area contributed by atoms with Crippen molar-refractivity contribution in [3.05, 3.63) is 0 Å². The number of hydrogen-bond acceptors (Lipinski definition) is 7. The van der Waals surface area contributed by atoms with Crippen LogP contribution in [0.4, 0.5) is 0 Å². The van der Waals surface area contributed by atoms with Crippen LogP contribution in [0.25, 0.3) is 0 Å². The molecule has 0 aliphatic carbocycles. The predicted octanol–water partition coefficient (Wildman–Crippen LogP) is -0.449. The molecule has 0 rings (SSSR count). The van der Waals surface area contributed by atoms with E-state index in [0.717, 1.165) is 0 Å². The van der Waals surface area contributed by atoms with Crippen LogP contribution >= 0.6 is 0 Å². The van der Waals surface area contributed by atoms with Crippen molar-refractivity contribution < 1.29 is 33.6 Å². The summed E-state index contributed by atoms with van der Waals surface area (Å²) in [5.41, 5.74) is 0. The van der Waals surface area contributed by atoms with Gasteiger partial charge in [-0.1, -0.05) is 0 Å². The normalized spacial score (nSPS) is 10.4. The molecule has 0 radical (unpaired) electrons. The van der Waals surface area contributed by atoms with Crippen LogP contribution in [0.3, 0.4) is 0 Å². The van der Waals surface area contributed by atoms with Gasteiger partial charge in [0.2, 0.25) is 0 Å². The van der Waals surface area contributed by atoms with Crippen LogP contribution in [-0.2, 0) is 28.5 Å². The molecule has 0 amide bonds. The van der Waals surface area contributed by atoms with Gasteiger partial charge in [0, 0.05) is 0 Å². The number of esters is 1. The van der Waals surface area contributed by atoms with Crippen LogP contribution < -0.4 is 0 Å². The summed E-state index contributed by atoms with van der Waals surface area (Å²) >= 11 is 0. The molecule has 0 unspecified atom stereocenters. The molecule has 0 atom stereocenters. The first-order chi connectivity index (χ1) is 9.16. The molecule has 7 heteroatoms. The van der Waals surface area contributed by atoms with Crippen molar-refractivity contribution >= 4 is 11.8 Å². The van der Waals surface area contributed by atoms with Gasteiger partial charge in [0.1, 0.15) is 18.8 Å². The summed E-state index contributed by atoms with van der Waals surface area (Å²) in [4.78, 5) is 21.5. The number of hydrogen-bond donors (Lipinski definition) is 1. The molecular formula is C12H22O7. The Morgan fingerprint density at radius 1 is 0.842 bits per heavy atom. The Labute approximate surface area is 112 Å². The Morgan fingerprint density at radius 2 is 1.32 bits per heavy atom. The average molecular weight is 278 g/mol. The van der Waals surface area contributed by atoms with Gasteiger partial charge in [-0.3, -0.25) is 9.59 Å². The Morgan fingerprint density at radius 3 is 1.79 bits per heavy atom. The van der Waals surface area contributed by atoms with Gasteiger partial charge in [-0.15, -0.1) is 0 Å². The molecule has 19 heavy (non-hydrogen) atoms. The van der Waals surface area contributed by atoms with Crippen molar-refractivity contribution in [3.63, 3.8) is 0 Å². The monoisotopic (exact) mass is 278 g/mol. The van der Waals surface area contributed by atoms with E-state index in [1.165, 1.54) is 6.92 Å². The maximum absolute atomic E-state index is 11.0. The molecule has 0 bridgehead atoms. The van der Waals surface area contributed by atoms with Gasteiger partial charge in [-0.25, -0.2) is 0 Å². The Bertz CT molecular complexity index is 242. The summed E-state index contributed by atoms with van der Waals surface area (Å²) in [6.45, 7) is 3.74. The van der Waals surface area contributed by atoms with E-state index in [9.17, 15) is 9.59 Å². The summed E-state index contributed by atoms with van der Waals surface area (Å²) < 4.78 is 20.1. The second kappa shape index (κ2) is 13.4. The first-order valence-corrected chi connectivity index (χ1v) is 6.16. The van der Waals surface area contributed by atoms with E-state index in [1.54, 1.807) is 0 Å². The Balaban J connectivity index is 3.10. The van der Waals surface area contributed by atoms with Gasteiger partial charge >= 0.3 is 5.97 Å². The second-order valence-electron chi connectivity index (χ2n) is 3.66. The van der Waals surface area contributed by atoms with Gasteiger partial charge in [0.25, 0.3) is 0 Å².